The van der Waals surface area contributed by atoms with Crippen LogP contribution in [0.5, 0.6) is 11.5 Å². The number of fused-ring (bicyclic) bond motifs is 1. The second-order valence-electron chi connectivity index (χ2n) is 5.78. The summed E-state index contributed by atoms with van der Waals surface area (Å²) in [6.07, 6.45) is 1.43. The topological polar surface area (TPSA) is 77.0 Å². The summed E-state index contributed by atoms with van der Waals surface area (Å²) >= 11 is 5.93. The van der Waals surface area contributed by atoms with E-state index < -0.39 is 10.0 Å². The summed E-state index contributed by atoms with van der Waals surface area (Å²) < 4.78 is 36.0. The van der Waals surface area contributed by atoms with Crippen LogP contribution in [0.25, 0.3) is 10.8 Å². The van der Waals surface area contributed by atoms with Gasteiger partial charge in [-0.05, 0) is 42.0 Å². The number of benzene rings is 3. The number of hydrogen-bond acceptors (Lipinski definition) is 5. The molecule has 146 valence electrons. The third-order valence-electron chi connectivity index (χ3n) is 4.01. The van der Waals surface area contributed by atoms with Crippen LogP contribution in [-0.4, -0.2) is 28.3 Å². The van der Waals surface area contributed by atoms with Crippen molar-refractivity contribution in [3.05, 3.63) is 65.2 Å². The fraction of sp³-hybridized carbons (Fsp3) is 0.150. The van der Waals surface area contributed by atoms with Crippen LogP contribution in [0.3, 0.4) is 0 Å². The van der Waals surface area contributed by atoms with Crippen LogP contribution >= 0.6 is 11.6 Å². The maximum Gasteiger partial charge on any atom is 0.280 e. The molecule has 0 aliphatic rings. The normalized spacial score (nSPS) is 11.7. The Morgan fingerprint density at radius 3 is 2.61 bits per heavy atom. The average molecular weight is 419 g/mol. The van der Waals surface area contributed by atoms with Gasteiger partial charge in [0, 0.05) is 10.6 Å². The molecule has 0 heterocycles. The minimum Gasteiger partial charge on any atom is -0.495 e. The molecule has 0 spiro atoms. The summed E-state index contributed by atoms with van der Waals surface area (Å²) in [6.45, 7) is 2.36. The van der Waals surface area contributed by atoms with Gasteiger partial charge in [0.15, 0.2) is 0 Å². The molecule has 0 aliphatic carbocycles. The average Bonchev–Trinajstić information content (AvgIpc) is 2.69. The number of hydrazone groups is 1. The summed E-state index contributed by atoms with van der Waals surface area (Å²) in [7, 11) is -2.59. The first-order valence-electron chi connectivity index (χ1n) is 8.49. The summed E-state index contributed by atoms with van der Waals surface area (Å²) in [4.78, 5) is 2.11. The number of ether oxygens (including phenoxy) is 2. The molecule has 0 atom stereocenters. The van der Waals surface area contributed by atoms with Crippen LogP contribution < -0.4 is 14.3 Å². The molecule has 0 saturated heterocycles. The molecule has 3 aromatic carbocycles. The summed E-state index contributed by atoms with van der Waals surface area (Å²) in [5.41, 5.74) is 0.681. The Balaban J connectivity index is 1.97. The van der Waals surface area contributed by atoms with E-state index in [9.17, 15) is 8.42 Å². The zero-order valence-electron chi connectivity index (χ0n) is 15.3. The Morgan fingerprint density at radius 2 is 1.86 bits per heavy atom. The van der Waals surface area contributed by atoms with E-state index in [0.717, 1.165) is 10.8 Å². The zero-order chi connectivity index (χ0) is 20.1. The van der Waals surface area contributed by atoms with Crippen molar-refractivity contribution in [2.24, 2.45) is 5.10 Å². The van der Waals surface area contributed by atoms with Crippen LogP contribution in [0.4, 0.5) is 0 Å². The molecule has 0 bridgehead atoms. The SMILES string of the molecule is CCOc1ccc2ccccc2c1/C=N/NS(=O)(=O)c1cc(Cl)ccc1OC. The van der Waals surface area contributed by atoms with Crippen molar-refractivity contribution in [3.8, 4) is 11.5 Å². The fourth-order valence-electron chi connectivity index (χ4n) is 2.76. The first kappa shape index (κ1) is 20.0. The molecule has 28 heavy (non-hydrogen) atoms. The molecule has 0 fully saturated rings. The lowest BCUT2D eigenvalue weighted by molar-refractivity contribution is 0.340. The van der Waals surface area contributed by atoms with Gasteiger partial charge in [0.2, 0.25) is 0 Å². The highest BCUT2D eigenvalue weighted by atomic mass is 35.5. The molecule has 3 aromatic rings. The minimum absolute atomic E-state index is 0.0948. The van der Waals surface area contributed by atoms with Crippen LogP contribution in [0.1, 0.15) is 12.5 Å². The van der Waals surface area contributed by atoms with Gasteiger partial charge in [0.25, 0.3) is 10.0 Å². The second-order valence-corrected chi connectivity index (χ2v) is 7.85. The smallest absolute Gasteiger partial charge is 0.280 e. The van der Waals surface area contributed by atoms with E-state index in [-0.39, 0.29) is 15.7 Å². The predicted octanol–water partition coefficient (Wildman–Crippen LogP) is 4.21. The zero-order valence-corrected chi connectivity index (χ0v) is 16.9. The second kappa shape index (κ2) is 8.50. The Morgan fingerprint density at radius 1 is 1.11 bits per heavy atom. The first-order chi connectivity index (χ1) is 13.5. The number of rotatable bonds is 7. The van der Waals surface area contributed by atoms with Crippen molar-refractivity contribution in [1.29, 1.82) is 0 Å². The number of hydrogen-bond donors (Lipinski definition) is 1. The molecular weight excluding hydrogens is 400 g/mol. The van der Waals surface area contributed by atoms with E-state index >= 15 is 0 Å². The Kier molecular flexibility index (Phi) is 6.06. The summed E-state index contributed by atoms with van der Waals surface area (Å²) in [5.74, 6) is 0.789. The molecule has 0 aromatic heterocycles. The predicted molar refractivity (Wildman–Crippen MR) is 111 cm³/mol. The molecule has 8 heteroatoms. The number of nitrogens with zero attached hydrogens (tertiary/aromatic N) is 1. The minimum atomic E-state index is -3.97. The highest BCUT2D eigenvalue weighted by Crippen LogP contribution is 2.28. The fourth-order valence-corrected chi connectivity index (χ4v) is 3.99. The number of halogens is 1. The van der Waals surface area contributed by atoms with Gasteiger partial charge in [-0.1, -0.05) is 41.9 Å². The maximum atomic E-state index is 12.6. The molecule has 0 radical (unpaired) electrons. The Bertz CT molecular complexity index is 1130. The van der Waals surface area contributed by atoms with Crippen LogP contribution in [0, 0.1) is 0 Å². The van der Waals surface area contributed by atoms with Crippen molar-refractivity contribution < 1.29 is 17.9 Å². The van der Waals surface area contributed by atoms with Crippen molar-refractivity contribution in [2.75, 3.05) is 13.7 Å². The van der Waals surface area contributed by atoms with E-state index in [1.807, 2.05) is 43.3 Å². The van der Waals surface area contributed by atoms with E-state index in [1.165, 1.54) is 25.5 Å². The number of nitrogens with one attached hydrogen (secondary N) is 1. The molecule has 0 aliphatic heterocycles. The third kappa shape index (κ3) is 4.21. The van der Waals surface area contributed by atoms with Crippen molar-refractivity contribution >= 4 is 38.6 Å². The molecular formula is C20H19ClN2O4S. The Hall–Kier alpha value is -2.77. The van der Waals surface area contributed by atoms with Gasteiger partial charge >= 0.3 is 0 Å². The van der Waals surface area contributed by atoms with Crippen LogP contribution in [-0.2, 0) is 10.0 Å². The van der Waals surface area contributed by atoms with E-state index in [1.54, 1.807) is 6.07 Å². The van der Waals surface area contributed by atoms with Crippen LogP contribution in [0.15, 0.2) is 64.6 Å². The van der Waals surface area contributed by atoms with Crippen molar-refractivity contribution in [3.63, 3.8) is 0 Å². The third-order valence-corrected chi connectivity index (χ3v) is 5.49. The molecule has 0 saturated carbocycles. The van der Waals surface area contributed by atoms with Crippen molar-refractivity contribution in [2.45, 2.75) is 11.8 Å². The lowest BCUT2D eigenvalue weighted by Gasteiger charge is -2.11. The first-order valence-corrected chi connectivity index (χ1v) is 10.4. The molecule has 0 unspecified atom stereocenters. The largest absolute Gasteiger partial charge is 0.495 e. The van der Waals surface area contributed by atoms with Gasteiger partial charge in [-0.25, -0.2) is 0 Å². The number of methoxy groups -OCH3 is 1. The van der Waals surface area contributed by atoms with E-state index in [2.05, 4.69) is 9.93 Å². The molecule has 3 rings (SSSR count). The maximum absolute atomic E-state index is 12.6. The molecule has 6 nitrogen and oxygen atoms in total. The van der Waals surface area contributed by atoms with Gasteiger partial charge in [-0.15, -0.1) is 0 Å². The van der Waals surface area contributed by atoms with E-state index in [0.29, 0.717) is 17.9 Å². The summed E-state index contributed by atoms with van der Waals surface area (Å²) in [6, 6.07) is 15.8. The molecule has 1 N–H and O–H groups in total. The molecule has 0 amide bonds. The number of sulfonamides is 1. The van der Waals surface area contributed by atoms with Gasteiger partial charge in [0.1, 0.15) is 16.4 Å². The quantitative estimate of drug-likeness (QED) is 0.460. The van der Waals surface area contributed by atoms with Gasteiger partial charge < -0.3 is 9.47 Å². The standard InChI is InChI=1S/C20H19ClN2O4S/c1-3-27-18-10-8-14-6-4-5-7-16(14)17(18)13-22-23-28(24,25)20-12-15(21)9-11-19(20)26-2/h4-13,23H,3H2,1-2H3/b22-13+. The Labute approximate surface area is 168 Å². The highest BCUT2D eigenvalue weighted by Gasteiger charge is 2.19. The summed E-state index contributed by atoms with van der Waals surface area (Å²) in [5, 5.41) is 6.11. The highest BCUT2D eigenvalue weighted by molar-refractivity contribution is 7.89. The monoisotopic (exact) mass is 418 g/mol. The van der Waals surface area contributed by atoms with Crippen LogP contribution in [0.2, 0.25) is 5.02 Å². The lowest BCUT2D eigenvalue weighted by atomic mass is 10.0. The van der Waals surface area contributed by atoms with E-state index in [4.69, 9.17) is 21.1 Å². The lowest BCUT2D eigenvalue weighted by Crippen LogP contribution is -2.19. The van der Waals surface area contributed by atoms with Gasteiger partial charge in [-0.3, -0.25) is 0 Å². The van der Waals surface area contributed by atoms with Gasteiger partial charge in [0.05, 0.1) is 19.9 Å². The van der Waals surface area contributed by atoms with Crippen molar-refractivity contribution in [1.82, 2.24) is 4.83 Å². The van der Waals surface area contributed by atoms with Gasteiger partial charge in [-0.2, -0.15) is 18.4 Å².